The second-order valence-electron chi connectivity index (χ2n) is 5.28. The standard InChI is InChI=1S/C14H19N3O6/c1-3-4-15(9-13-22-5-6-23-13)14-11(16(18)19)7-10(2)8-12(14)17(20)21/h7-8,13H,3-6,9H2,1-2H3. The first-order chi connectivity index (χ1) is 10.9. The zero-order valence-electron chi connectivity index (χ0n) is 13.1. The van der Waals surface area contributed by atoms with Crippen molar-refractivity contribution in [3.8, 4) is 0 Å². The quantitative estimate of drug-likeness (QED) is 0.559. The van der Waals surface area contributed by atoms with Crippen LogP contribution in [0.4, 0.5) is 17.1 Å². The molecule has 0 aliphatic carbocycles. The third kappa shape index (κ3) is 3.93. The second kappa shape index (κ2) is 7.34. The molecule has 0 unspecified atom stereocenters. The lowest BCUT2D eigenvalue weighted by Gasteiger charge is -2.26. The Morgan fingerprint density at radius 2 is 1.70 bits per heavy atom. The molecular formula is C14H19N3O6. The molecule has 1 saturated heterocycles. The third-order valence-corrected chi connectivity index (χ3v) is 3.48. The highest BCUT2D eigenvalue weighted by Crippen LogP contribution is 2.39. The van der Waals surface area contributed by atoms with Gasteiger partial charge < -0.3 is 14.4 Å². The number of rotatable bonds is 7. The zero-order chi connectivity index (χ0) is 17.0. The summed E-state index contributed by atoms with van der Waals surface area (Å²) in [7, 11) is 0. The van der Waals surface area contributed by atoms with Crippen molar-refractivity contribution in [2.75, 3.05) is 31.2 Å². The summed E-state index contributed by atoms with van der Waals surface area (Å²) in [6.07, 6.45) is 0.136. The Balaban J connectivity index is 2.49. The molecule has 0 bridgehead atoms. The van der Waals surface area contributed by atoms with Crippen LogP contribution in [-0.2, 0) is 9.47 Å². The molecule has 1 aliphatic rings. The zero-order valence-corrected chi connectivity index (χ0v) is 13.1. The molecule has 2 rings (SSSR count). The molecule has 9 heteroatoms. The van der Waals surface area contributed by atoms with Crippen LogP contribution in [0.5, 0.6) is 0 Å². The van der Waals surface area contributed by atoms with Gasteiger partial charge in [-0.2, -0.15) is 0 Å². The molecule has 1 aliphatic heterocycles. The normalized spacial score (nSPS) is 14.9. The fourth-order valence-electron chi connectivity index (χ4n) is 2.60. The average molecular weight is 325 g/mol. The smallest absolute Gasteiger partial charge is 0.299 e. The van der Waals surface area contributed by atoms with Gasteiger partial charge >= 0.3 is 0 Å². The first-order valence-electron chi connectivity index (χ1n) is 7.35. The summed E-state index contributed by atoms with van der Waals surface area (Å²) in [5.74, 6) is 0. The average Bonchev–Trinajstić information content (AvgIpc) is 2.98. The van der Waals surface area contributed by atoms with Gasteiger partial charge in [-0.3, -0.25) is 20.2 Å². The van der Waals surface area contributed by atoms with Crippen molar-refractivity contribution < 1.29 is 19.3 Å². The lowest BCUT2D eigenvalue weighted by atomic mass is 10.1. The van der Waals surface area contributed by atoms with Gasteiger partial charge in [-0.25, -0.2) is 0 Å². The van der Waals surface area contributed by atoms with Crippen molar-refractivity contribution in [1.29, 1.82) is 0 Å². The highest BCUT2D eigenvalue weighted by Gasteiger charge is 2.32. The maximum atomic E-state index is 11.4. The minimum atomic E-state index is -0.589. The number of ether oxygens (including phenoxy) is 2. The molecule has 9 nitrogen and oxygen atoms in total. The molecular weight excluding hydrogens is 306 g/mol. The summed E-state index contributed by atoms with van der Waals surface area (Å²) < 4.78 is 10.7. The highest BCUT2D eigenvalue weighted by molar-refractivity contribution is 5.76. The number of hydrogen-bond acceptors (Lipinski definition) is 7. The van der Waals surface area contributed by atoms with Gasteiger partial charge in [0, 0.05) is 18.7 Å². The van der Waals surface area contributed by atoms with Crippen LogP contribution in [-0.4, -0.2) is 42.4 Å². The van der Waals surface area contributed by atoms with E-state index in [1.54, 1.807) is 11.8 Å². The predicted molar refractivity (Wildman–Crippen MR) is 82.7 cm³/mol. The van der Waals surface area contributed by atoms with Crippen LogP contribution in [0, 0.1) is 27.2 Å². The van der Waals surface area contributed by atoms with Crippen molar-refractivity contribution in [2.24, 2.45) is 0 Å². The van der Waals surface area contributed by atoms with E-state index in [4.69, 9.17) is 9.47 Å². The van der Waals surface area contributed by atoms with E-state index in [-0.39, 0.29) is 23.6 Å². The summed E-state index contributed by atoms with van der Waals surface area (Å²) in [6, 6.07) is 2.70. The molecule has 0 atom stereocenters. The maximum Gasteiger partial charge on any atom is 0.299 e. The molecule has 0 N–H and O–H groups in total. The fourth-order valence-corrected chi connectivity index (χ4v) is 2.60. The van der Waals surface area contributed by atoms with E-state index in [1.807, 2.05) is 6.92 Å². The van der Waals surface area contributed by atoms with Crippen molar-refractivity contribution in [3.05, 3.63) is 37.9 Å². The third-order valence-electron chi connectivity index (χ3n) is 3.48. The Morgan fingerprint density at radius 3 is 2.13 bits per heavy atom. The summed E-state index contributed by atoms with van der Waals surface area (Å²) in [4.78, 5) is 23.2. The number of nitro groups is 2. The van der Waals surface area contributed by atoms with Gasteiger partial charge in [0.2, 0.25) is 0 Å². The number of hydrogen-bond donors (Lipinski definition) is 0. The molecule has 23 heavy (non-hydrogen) atoms. The van der Waals surface area contributed by atoms with Crippen LogP contribution in [0.15, 0.2) is 12.1 Å². The van der Waals surface area contributed by atoms with Crippen molar-refractivity contribution in [3.63, 3.8) is 0 Å². The first-order valence-corrected chi connectivity index (χ1v) is 7.35. The maximum absolute atomic E-state index is 11.4. The fraction of sp³-hybridized carbons (Fsp3) is 0.571. The van der Waals surface area contributed by atoms with Gasteiger partial charge in [0.05, 0.1) is 29.6 Å². The molecule has 0 spiro atoms. The van der Waals surface area contributed by atoms with Gasteiger partial charge in [-0.1, -0.05) is 6.92 Å². The summed E-state index contributed by atoms with van der Waals surface area (Å²) in [5, 5.41) is 22.8. The highest BCUT2D eigenvalue weighted by atomic mass is 16.7. The number of nitro benzene ring substituents is 2. The predicted octanol–water partition coefficient (Wildman–Crippen LogP) is 2.40. The van der Waals surface area contributed by atoms with E-state index in [0.717, 1.165) is 0 Å². The SMILES string of the molecule is CCCN(CC1OCCO1)c1c([N+](=O)[O-])cc(C)cc1[N+](=O)[O-]. The summed E-state index contributed by atoms with van der Waals surface area (Å²) in [6.45, 7) is 5.02. The number of aryl methyl sites for hydroxylation is 1. The second-order valence-corrected chi connectivity index (χ2v) is 5.28. The Hall–Kier alpha value is -2.26. The molecule has 1 fully saturated rings. The molecule has 1 aromatic rings. The van der Waals surface area contributed by atoms with Crippen LogP contribution in [0.2, 0.25) is 0 Å². The Bertz CT molecular complexity index is 565. The topological polar surface area (TPSA) is 108 Å². The molecule has 0 amide bonds. The van der Waals surface area contributed by atoms with Crippen molar-refractivity contribution in [1.82, 2.24) is 0 Å². The number of nitrogens with zero attached hydrogens (tertiary/aromatic N) is 3. The lowest BCUT2D eigenvalue weighted by Crippen LogP contribution is -2.34. The Labute approximate surface area is 133 Å². The van der Waals surface area contributed by atoms with E-state index in [2.05, 4.69) is 0 Å². The van der Waals surface area contributed by atoms with Crippen LogP contribution in [0.3, 0.4) is 0 Å². The molecule has 1 heterocycles. The van der Waals surface area contributed by atoms with Crippen molar-refractivity contribution in [2.45, 2.75) is 26.6 Å². The van der Waals surface area contributed by atoms with E-state index in [9.17, 15) is 20.2 Å². The van der Waals surface area contributed by atoms with E-state index < -0.39 is 16.1 Å². The molecule has 126 valence electrons. The van der Waals surface area contributed by atoms with E-state index >= 15 is 0 Å². The van der Waals surface area contributed by atoms with Crippen molar-refractivity contribution >= 4 is 17.1 Å². The van der Waals surface area contributed by atoms with E-state index in [0.29, 0.717) is 31.7 Å². The molecule has 0 radical (unpaired) electrons. The Kier molecular flexibility index (Phi) is 5.45. The van der Waals surface area contributed by atoms with Gasteiger partial charge in [-0.05, 0) is 18.9 Å². The van der Waals surface area contributed by atoms with Crippen LogP contribution in [0.25, 0.3) is 0 Å². The first kappa shape index (κ1) is 17.1. The summed E-state index contributed by atoms with van der Waals surface area (Å²) >= 11 is 0. The Morgan fingerprint density at radius 1 is 1.17 bits per heavy atom. The van der Waals surface area contributed by atoms with Gasteiger partial charge in [-0.15, -0.1) is 0 Å². The molecule has 1 aromatic carbocycles. The monoisotopic (exact) mass is 325 g/mol. The van der Waals surface area contributed by atoms with Gasteiger partial charge in [0.1, 0.15) is 0 Å². The number of anilines is 1. The van der Waals surface area contributed by atoms with Crippen LogP contribution < -0.4 is 4.90 Å². The van der Waals surface area contributed by atoms with Gasteiger partial charge in [0.15, 0.2) is 12.0 Å². The summed E-state index contributed by atoms with van der Waals surface area (Å²) in [5.41, 5.74) is -0.0743. The number of benzene rings is 1. The minimum Gasteiger partial charge on any atom is -0.355 e. The largest absolute Gasteiger partial charge is 0.355 e. The van der Waals surface area contributed by atoms with Crippen LogP contribution in [0.1, 0.15) is 18.9 Å². The van der Waals surface area contributed by atoms with Crippen LogP contribution >= 0.6 is 0 Å². The lowest BCUT2D eigenvalue weighted by molar-refractivity contribution is -0.392. The van der Waals surface area contributed by atoms with E-state index in [1.165, 1.54) is 12.1 Å². The van der Waals surface area contributed by atoms with Gasteiger partial charge in [0.25, 0.3) is 11.4 Å². The molecule has 0 saturated carbocycles. The molecule has 0 aromatic heterocycles. The minimum absolute atomic E-state index is 0.00606.